The Morgan fingerprint density at radius 1 is 1.50 bits per heavy atom. The van der Waals surface area contributed by atoms with Gasteiger partial charge in [0.05, 0.1) is 4.99 Å². The van der Waals surface area contributed by atoms with Gasteiger partial charge in [-0.2, -0.15) is 0 Å². The molecule has 88 valence electrons. The Balaban J connectivity index is 2.67. The molecule has 0 saturated carbocycles. The van der Waals surface area contributed by atoms with Crippen molar-refractivity contribution in [2.75, 3.05) is 18.0 Å². The van der Waals surface area contributed by atoms with Crippen molar-refractivity contribution < 1.29 is 0 Å². The number of hydrogen-bond donors (Lipinski definition) is 1. The summed E-state index contributed by atoms with van der Waals surface area (Å²) in [5.41, 5.74) is 5.53. The normalized spacial score (nSPS) is 10.4. The van der Waals surface area contributed by atoms with Crippen LogP contribution < -0.4 is 10.6 Å². The van der Waals surface area contributed by atoms with Crippen molar-refractivity contribution in [3.8, 4) is 0 Å². The van der Waals surface area contributed by atoms with Crippen molar-refractivity contribution in [2.24, 2.45) is 11.7 Å². The third kappa shape index (κ3) is 4.57. The molecule has 1 heterocycles. The van der Waals surface area contributed by atoms with Gasteiger partial charge in [0, 0.05) is 25.7 Å². The number of thiocarbonyl (C=S) groups is 1. The lowest BCUT2D eigenvalue weighted by Gasteiger charge is -2.25. The third-order valence-corrected chi connectivity index (χ3v) is 2.39. The highest BCUT2D eigenvalue weighted by molar-refractivity contribution is 7.80. The lowest BCUT2D eigenvalue weighted by Crippen LogP contribution is -2.31. The van der Waals surface area contributed by atoms with E-state index in [1.54, 1.807) is 0 Å². The molecule has 1 aromatic heterocycles. The maximum atomic E-state index is 5.53. The lowest BCUT2D eigenvalue weighted by molar-refractivity contribution is 0.609. The number of rotatable bonds is 6. The summed E-state index contributed by atoms with van der Waals surface area (Å²) in [6, 6.07) is 5.93. The van der Waals surface area contributed by atoms with Gasteiger partial charge in [0.15, 0.2) is 0 Å². The van der Waals surface area contributed by atoms with Crippen molar-refractivity contribution in [3.63, 3.8) is 0 Å². The number of nitrogens with two attached hydrogens (primary N) is 1. The molecule has 0 aromatic carbocycles. The first-order chi connectivity index (χ1) is 7.59. The Labute approximate surface area is 103 Å². The van der Waals surface area contributed by atoms with E-state index in [4.69, 9.17) is 18.0 Å². The topological polar surface area (TPSA) is 42.1 Å². The van der Waals surface area contributed by atoms with Crippen molar-refractivity contribution in [3.05, 3.63) is 24.4 Å². The molecule has 1 rings (SSSR count). The second kappa shape index (κ2) is 6.43. The molecule has 0 bridgehead atoms. The van der Waals surface area contributed by atoms with Gasteiger partial charge in [-0.1, -0.05) is 32.1 Å². The van der Waals surface area contributed by atoms with Crippen LogP contribution >= 0.6 is 12.2 Å². The fourth-order valence-electron chi connectivity index (χ4n) is 1.53. The summed E-state index contributed by atoms with van der Waals surface area (Å²) in [6.45, 7) is 6.19. The van der Waals surface area contributed by atoms with Gasteiger partial charge in [0.2, 0.25) is 0 Å². The highest BCUT2D eigenvalue weighted by Crippen LogP contribution is 2.12. The van der Waals surface area contributed by atoms with Crippen molar-refractivity contribution in [1.82, 2.24) is 4.98 Å². The van der Waals surface area contributed by atoms with Crippen molar-refractivity contribution in [2.45, 2.75) is 20.3 Å². The molecule has 0 radical (unpaired) electrons. The number of aromatic nitrogens is 1. The van der Waals surface area contributed by atoms with Crippen LogP contribution in [0.5, 0.6) is 0 Å². The Kier molecular flexibility index (Phi) is 5.19. The SMILES string of the molecule is CC(C)CN(CCC(N)=S)c1ccccn1. The minimum Gasteiger partial charge on any atom is -0.393 e. The number of nitrogens with zero attached hydrogens (tertiary/aromatic N) is 2. The Morgan fingerprint density at radius 3 is 2.75 bits per heavy atom. The summed E-state index contributed by atoms with van der Waals surface area (Å²) in [5, 5.41) is 0. The zero-order chi connectivity index (χ0) is 12.0. The van der Waals surface area contributed by atoms with Crippen molar-refractivity contribution >= 4 is 23.0 Å². The van der Waals surface area contributed by atoms with Gasteiger partial charge in [-0.25, -0.2) is 4.98 Å². The molecule has 4 heteroatoms. The van der Waals surface area contributed by atoms with Crippen molar-refractivity contribution in [1.29, 1.82) is 0 Å². The predicted octanol–water partition coefficient (Wildman–Crippen LogP) is 2.22. The van der Waals surface area contributed by atoms with E-state index in [0.717, 1.165) is 25.3 Å². The number of anilines is 1. The fraction of sp³-hybridized carbons (Fsp3) is 0.500. The molecule has 0 fully saturated rings. The standard InChI is InChI=1S/C12H19N3S/c1-10(2)9-15(8-6-11(13)16)12-5-3-4-7-14-12/h3-5,7,10H,6,8-9H2,1-2H3,(H2,13,16). The highest BCUT2D eigenvalue weighted by Gasteiger charge is 2.09. The summed E-state index contributed by atoms with van der Waals surface area (Å²) in [6.07, 6.45) is 2.54. The van der Waals surface area contributed by atoms with Gasteiger partial charge in [0.1, 0.15) is 5.82 Å². The summed E-state index contributed by atoms with van der Waals surface area (Å²) in [5.74, 6) is 1.58. The lowest BCUT2D eigenvalue weighted by atomic mass is 10.2. The Morgan fingerprint density at radius 2 is 2.25 bits per heavy atom. The molecule has 0 unspecified atom stereocenters. The van der Waals surface area contributed by atoms with Crippen LogP contribution in [-0.4, -0.2) is 23.1 Å². The molecule has 0 saturated heterocycles. The minimum atomic E-state index is 0.560. The molecular formula is C12H19N3S. The Hall–Kier alpha value is -1.16. The zero-order valence-corrected chi connectivity index (χ0v) is 10.7. The van der Waals surface area contributed by atoms with E-state index in [0.29, 0.717) is 10.9 Å². The predicted molar refractivity (Wildman–Crippen MR) is 72.7 cm³/mol. The van der Waals surface area contributed by atoms with E-state index in [2.05, 4.69) is 23.7 Å². The Bertz CT molecular complexity index is 324. The zero-order valence-electron chi connectivity index (χ0n) is 9.89. The van der Waals surface area contributed by atoms with Crippen LogP contribution in [0.15, 0.2) is 24.4 Å². The average molecular weight is 237 g/mol. The first-order valence-electron chi connectivity index (χ1n) is 5.54. The second-order valence-corrected chi connectivity index (χ2v) is 4.77. The summed E-state index contributed by atoms with van der Waals surface area (Å²) in [7, 11) is 0. The molecule has 3 nitrogen and oxygen atoms in total. The smallest absolute Gasteiger partial charge is 0.128 e. The van der Waals surface area contributed by atoms with Crippen LogP contribution in [0.25, 0.3) is 0 Å². The summed E-state index contributed by atoms with van der Waals surface area (Å²) in [4.78, 5) is 7.14. The van der Waals surface area contributed by atoms with Crippen LogP contribution in [0.4, 0.5) is 5.82 Å². The average Bonchev–Trinajstić information content (AvgIpc) is 2.25. The van der Waals surface area contributed by atoms with Crippen LogP contribution in [0, 0.1) is 5.92 Å². The second-order valence-electron chi connectivity index (χ2n) is 4.24. The van der Waals surface area contributed by atoms with Crippen LogP contribution in [0.2, 0.25) is 0 Å². The first-order valence-corrected chi connectivity index (χ1v) is 5.94. The van der Waals surface area contributed by atoms with Crippen LogP contribution in [-0.2, 0) is 0 Å². The van der Waals surface area contributed by atoms with Gasteiger partial charge in [-0.15, -0.1) is 0 Å². The molecule has 0 aliphatic rings. The van der Waals surface area contributed by atoms with E-state index >= 15 is 0 Å². The molecule has 0 aliphatic heterocycles. The van der Waals surface area contributed by atoms with Crippen LogP contribution in [0.1, 0.15) is 20.3 Å². The molecule has 0 aliphatic carbocycles. The fourth-order valence-corrected chi connectivity index (χ4v) is 1.62. The van der Waals surface area contributed by atoms with Crippen LogP contribution in [0.3, 0.4) is 0 Å². The summed E-state index contributed by atoms with van der Waals surface area (Å²) >= 11 is 4.91. The van der Waals surface area contributed by atoms with Gasteiger partial charge in [-0.05, 0) is 18.1 Å². The maximum absolute atomic E-state index is 5.53. The van der Waals surface area contributed by atoms with Gasteiger partial charge >= 0.3 is 0 Å². The monoisotopic (exact) mass is 237 g/mol. The number of pyridine rings is 1. The minimum absolute atomic E-state index is 0.560. The van der Waals surface area contributed by atoms with E-state index in [-0.39, 0.29) is 0 Å². The summed E-state index contributed by atoms with van der Waals surface area (Å²) < 4.78 is 0. The molecule has 2 N–H and O–H groups in total. The van der Waals surface area contributed by atoms with Gasteiger partial charge in [0.25, 0.3) is 0 Å². The van der Waals surface area contributed by atoms with E-state index in [1.807, 2.05) is 24.4 Å². The molecule has 0 spiro atoms. The molecule has 1 aromatic rings. The molecular weight excluding hydrogens is 218 g/mol. The molecule has 16 heavy (non-hydrogen) atoms. The van der Waals surface area contributed by atoms with E-state index in [9.17, 15) is 0 Å². The van der Waals surface area contributed by atoms with E-state index in [1.165, 1.54) is 0 Å². The largest absolute Gasteiger partial charge is 0.393 e. The quantitative estimate of drug-likeness (QED) is 0.770. The number of hydrogen-bond acceptors (Lipinski definition) is 3. The maximum Gasteiger partial charge on any atom is 0.128 e. The van der Waals surface area contributed by atoms with Gasteiger partial charge < -0.3 is 10.6 Å². The molecule has 0 amide bonds. The van der Waals surface area contributed by atoms with Gasteiger partial charge in [-0.3, -0.25) is 0 Å². The van der Waals surface area contributed by atoms with E-state index < -0.39 is 0 Å². The molecule has 0 atom stereocenters. The first kappa shape index (κ1) is 12.9. The highest BCUT2D eigenvalue weighted by atomic mass is 32.1. The third-order valence-electron chi connectivity index (χ3n) is 2.19.